The van der Waals surface area contributed by atoms with E-state index in [9.17, 15) is 0 Å². The fraction of sp³-hybridized carbons (Fsp3) is 0.750. The third kappa shape index (κ3) is 3.94. The maximum absolute atomic E-state index is 5.40. The molecule has 1 aromatic heterocycles. The van der Waals surface area contributed by atoms with Crippen molar-refractivity contribution in [1.29, 1.82) is 0 Å². The fourth-order valence-electron chi connectivity index (χ4n) is 3.08. The summed E-state index contributed by atoms with van der Waals surface area (Å²) in [5.74, 6) is 1.02. The van der Waals surface area contributed by atoms with Crippen molar-refractivity contribution in [2.45, 2.75) is 26.4 Å². The Bertz CT molecular complexity index is 467. The van der Waals surface area contributed by atoms with Crippen LogP contribution in [0.4, 0.5) is 5.82 Å². The number of ether oxygens (including phenoxy) is 1. The largest absolute Gasteiger partial charge is 0.379 e. The Morgan fingerprint density at radius 3 is 2.45 bits per heavy atom. The van der Waals surface area contributed by atoms with E-state index in [0.717, 1.165) is 70.5 Å². The summed E-state index contributed by atoms with van der Waals surface area (Å²) >= 11 is 0. The predicted molar refractivity (Wildman–Crippen MR) is 87.1 cm³/mol. The van der Waals surface area contributed by atoms with Crippen LogP contribution in [0, 0.1) is 0 Å². The van der Waals surface area contributed by atoms with Crippen LogP contribution in [0.2, 0.25) is 0 Å². The summed E-state index contributed by atoms with van der Waals surface area (Å²) in [7, 11) is 0. The average Bonchev–Trinajstić information content (AvgIpc) is 2.56. The standard InChI is InChI=1S/C16H27N5O/c1-14(2)20-3-5-21(6-4-20)16-12-17-11-15(18-16)13-19-7-9-22-10-8-19/h11-12,14H,3-10,13H2,1-2H3. The van der Waals surface area contributed by atoms with Crippen LogP contribution in [0.3, 0.4) is 0 Å². The summed E-state index contributed by atoms with van der Waals surface area (Å²) in [5, 5.41) is 0. The van der Waals surface area contributed by atoms with Crippen LogP contribution in [-0.2, 0) is 11.3 Å². The maximum Gasteiger partial charge on any atom is 0.147 e. The molecule has 0 aliphatic carbocycles. The second kappa shape index (κ2) is 7.35. The molecule has 0 amide bonds. The summed E-state index contributed by atoms with van der Waals surface area (Å²) in [6, 6.07) is 0.626. The molecule has 22 heavy (non-hydrogen) atoms. The highest BCUT2D eigenvalue weighted by Gasteiger charge is 2.20. The quantitative estimate of drug-likeness (QED) is 0.821. The molecule has 3 heterocycles. The Balaban J connectivity index is 1.59. The van der Waals surface area contributed by atoms with Gasteiger partial charge in [-0.1, -0.05) is 0 Å². The molecule has 0 spiro atoms. The van der Waals surface area contributed by atoms with Gasteiger partial charge in [-0.2, -0.15) is 0 Å². The Labute approximate surface area is 133 Å². The summed E-state index contributed by atoms with van der Waals surface area (Å²) < 4.78 is 5.40. The van der Waals surface area contributed by atoms with E-state index < -0.39 is 0 Å². The van der Waals surface area contributed by atoms with Crippen LogP contribution in [0.15, 0.2) is 12.4 Å². The number of hydrogen-bond acceptors (Lipinski definition) is 6. The van der Waals surface area contributed by atoms with Gasteiger partial charge in [-0.3, -0.25) is 14.8 Å². The number of aromatic nitrogens is 2. The molecule has 3 rings (SSSR count). The van der Waals surface area contributed by atoms with E-state index >= 15 is 0 Å². The van der Waals surface area contributed by atoms with E-state index in [-0.39, 0.29) is 0 Å². The lowest BCUT2D eigenvalue weighted by Crippen LogP contribution is -2.49. The van der Waals surface area contributed by atoms with Crippen LogP contribution in [0.25, 0.3) is 0 Å². The van der Waals surface area contributed by atoms with Gasteiger partial charge in [-0.25, -0.2) is 4.98 Å². The van der Waals surface area contributed by atoms with Crippen molar-refractivity contribution in [2.24, 2.45) is 0 Å². The fourth-order valence-corrected chi connectivity index (χ4v) is 3.08. The predicted octanol–water partition coefficient (Wildman–Crippen LogP) is 0.839. The Hall–Kier alpha value is -1.24. The molecular weight excluding hydrogens is 278 g/mol. The minimum atomic E-state index is 0.626. The van der Waals surface area contributed by atoms with Gasteiger partial charge in [0.1, 0.15) is 5.82 Å². The molecule has 2 saturated heterocycles. The molecule has 6 nitrogen and oxygen atoms in total. The van der Waals surface area contributed by atoms with Gasteiger partial charge in [0.05, 0.1) is 25.1 Å². The lowest BCUT2D eigenvalue weighted by atomic mass is 10.2. The highest BCUT2D eigenvalue weighted by Crippen LogP contribution is 2.15. The van der Waals surface area contributed by atoms with Gasteiger partial charge in [0.2, 0.25) is 0 Å². The van der Waals surface area contributed by atoms with E-state index in [0.29, 0.717) is 6.04 Å². The average molecular weight is 305 g/mol. The normalized spacial score (nSPS) is 21.5. The first kappa shape index (κ1) is 15.6. The molecule has 2 fully saturated rings. The summed E-state index contributed by atoms with van der Waals surface area (Å²) in [6.07, 6.45) is 3.79. The first-order valence-electron chi connectivity index (χ1n) is 8.32. The zero-order valence-electron chi connectivity index (χ0n) is 13.7. The van der Waals surface area contributed by atoms with Crippen molar-refractivity contribution in [3.63, 3.8) is 0 Å². The molecule has 2 aliphatic rings. The molecule has 6 heteroatoms. The third-order valence-corrected chi connectivity index (χ3v) is 4.53. The van der Waals surface area contributed by atoms with E-state index in [4.69, 9.17) is 9.72 Å². The SMILES string of the molecule is CC(C)N1CCN(c2cncc(CN3CCOCC3)n2)CC1. The van der Waals surface area contributed by atoms with Gasteiger partial charge in [-0.15, -0.1) is 0 Å². The van der Waals surface area contributed by atoms with Crippen molar-refractivity contribution >= 4 is 5.82 Å². The van der Waals surface area contributed by atoms with Gasteiger partial charge >= 0.3 is 0 Å². The van der Waals surface area contributed by atoms with E-state index in [1.165, 1.54) is 0 Å². The molecular formula is C16H27N5O. The number of anilines is 1. The van der Waals surface area contributed by atoms with Gasteiger partial charge in [0.15, 0.2) is 0 Å². The summed E-state index contributed by atoms with van der Waals surface area (Å²) in [5.41, 5.74) is 1.06. The number of nitrogens with zero attached hydrogens (tertiary/aromatic N) is 5. The van der Waals surface area contributed by atoms with Crippen molar-refractivity contribution in [3.8, 4) is 0 Å². The molecule has 0 saturated carbocycles. The smallest absolute Gasteiger partial charge is 0.147 e. The second-order valence-electron chi connectivity index (χ2n) is 6.37. The zero-order chi connectivity index (χ0) is 15.4. The Kier molecular flexibility index (Phi) is 5.23. The second-order valence-corrected chi connectivity index (χ2v) is 6.37. The van der Waals surface area contributed by atoms with Crippen LogP contribution in [0.5, 0.6) is 0 Å². The minimum Gasteiger partial charge on any atom is -0.379 e. The molecule has 0 aromatic carbocycles. The minimum absolute atomic E-state index is 0.626. The monoisotopic (exact) mass is 305 g/mol. The van der Waals surface area contributed by atoms with E-state index in [1.54, 1.807) is 0 Å². The molecule has 0 unspecified atom stereocenters. The molecule has 0 radical (unpaired) electrons. The number of rotatable bonds is 4. The van der Waals surface area contributed by atoms with Crippen LogP contribution >= 0.6 is 0 Å². The zero-order valence-corrected chi connectivity index (χ0v) is 13.7. The highest BCUT2D eigenvalue weighted by atomic mass is 16.5. The van der Waals surface area contributed by atoms with Crippen molar-refractivity contribution < 1.29 is 4.74 Å². The van der Waals surface area contributed by atoms with E-state index in [2.05, 4.69) is 33.5 Å². The van der Waals surface area contributed by atoms with Gasteiger partial charge in [-0.05, 0) is 13.8 Å². The van der Waals surface area contributed by atoms with Gasteiger partial charge in [0, 0.05) is 58.1 Å². The molecule has 2 aliphatic heterocycles. The first-order valence-corrected chi connectivity index (χ1v) is 8.32. The van der Waals surface area contributed by atoms with Gasteiger partial charge in [0.25, 0.3) is 0 Å². The molecule has 1 aromatic rings. The molecule has 0 N–H and O–H groups in total. The van der Waals surface area contributed by atoms with Gasteiger partial charge < -0.3 is 9.64 Å². The summed E-state index contributed by atoms with van der Waals surface area (Å²) in [6.45, 7) is 13.3. The molecule has 122 valence electrons. The lowest BCUT2D eigenvalue weighted by molar-refractivity contribution is 0.0336. The number of hydrogen-bond donors (Lipinski definition) is 0. The van der Waals surface area contributed by atoms with Crippen LogP contribution in [0.1, 0.15) is 19.5 Å². The molecule has 0 atom stereocenters. The van der Waals surface area contributed by atoms with Crippen LogP contribution < -0.4 is 4.90 Å². The first-order chi connectivity index (χ1) is 10.7. The van der Waals surface area contributed by atoms with Crippen LogP contribution in [-0.4, -0.2) is 78.3 Å². The lowest BCUT2D eigenvalue weighted by Gasteiger charge is -2.37. The third-order valence-electron chi connectivity index (χ3n) is 4.53. The van der Waals surface area contributed by atoms with Crippen molar-refractivity contribution in [3.05, 3.63) is 18.1 Å². The van der Waals surface area contributed by atoms with E-state index in [1.807, 2.05) is 12.4 Å². The highest BCUT2D eigenvalue weighted by molar-refractivity contribution is 5.37. The Morgan fingerprint density at radius 2 is 1.77 bits per heavy atom. The number of piperazine rings is 1. The van der Waals surface area contributed by atoms with Crippen molar-refractivity contribution in [2.75, 3.05) is 57.4 Å². The summed E-state index contributed by atoms with van der Waals surface area (Å²) in [4.78, 5) is 16.5. The van der Waals surface area contributed by atoms with Crippen molar-refractivity contribution in [1.82, 2.24) is 19.8 Å². The Morgan fingerprint density at radius 1 is 1.05 bits per heavy atom. The molecule has 0 bridgehead atoms. The maximum atomic E-state index is 5.40. The number of morpholine rings is 1. The topological polar surface area (TPSA) is 44.7 Å².